The second-order valence-electron chi connectivity index (χ2n) is 2.02. The molecule has 2 N–H and O–H groups in total. The van der Waals surface area contributed by atoms with Gasteiger partial charge in [-0.05, 0) is 5.92 Å². The molecule has 0 aliphatic heterocycles. The second kappa shape index (κ2) is 5.06. The summed E-state index contributed by atoms with van der Waals surface area (Å²) in [7, 11) is 0. The van der Waals surface area contributed by atoms with Crippen molar-refractivity contribution in [2.75, 3.05) is 6.61 Å². The molecule has 0 aromatic carbocycles. The molecule has 0 heterocycles. The zero-order valence-electron chi connectivity index (χ0n) is 5.68. The molecule has 0 spiro atoms. The Kier molecular flexibility index (Phi) is 5.01. The van der Waals surface area contributed by atoms with Crippen LogP contribution in [0.1, 0.15) is 26.7 Å². The number of hydrogen-bond donors (Lipinski definition) is 1. The smallest absolute Gasteiger partial charge is 0.0707 e. The van der Waals surface area contributed by atoms with Crippen LogP contribution in [-0.2, 0) is 4.84 Å². The summed E-state index contributed by atoms with van der Waals surface area (Å²) < 4.78 is 0. The molecule has 2 heteroatoms. The van der Waals surface area contributed by atoms with Gasteiger partial charge in [-0.15, -0.1) is 0 Å². The van der Waals surface area contributed by atoms with Crippen LogP contribution in [-0.4, -0.2) is 6.61 Å². The van der Waals surface area contributed by atoms with Crippen LogP contribution in [0, 0.1) is 5.92 Å². The molecule has 0 saturated heterocycles. The van der Waals surface area contributed by atoms with Crippen molar-refractivity contribution in [1.82, 2.24) is 0 Å². The Labute approximate surface area is 51.0 Å². The average Bonchev–Trinajstić information content (AvgIpc) is 1.83. The van der Waals surface area contributed by atoms with Gasteiger partial charge >= 0.3 is 0 Å². The highest BCUT2D eigenvalue weighted by atomic mass is 16.6. The Balaban J connectivity index is 3.07. The van der Waals surface area contributed by atoms with E-state index in [1.165, 1.54) is 0 Å². The van der Waals surface area contributed by atoms with E-state index in [0.29, 0.717) is 12.5 Å². The van der Waals surface area contributed by atoms with E-state index in [1.807, 2.05) is 0 Å². The summed E-state index contributed by atoms with van der Waals surface area (Å²) in [6.07, 6.45) is 2.32. The van der Waals surface area contributed by atoms with Crippen LogP contribution in [0.25, 0.3) is 0 Å². The van der Waals surface area contributed by atoms with Gasteiger partial charge in [0.2, 0.25) is 0 Å². The minimum atomic E-state index is 0.653. The summed E-state index contributed by atoms with van der Waals surface area (Å²) >= 11 is 0. The van der Waals surface area contributed by atoms with Crippen molar-refractivity contribution in [2.45, 2.75) is 26.7 Å². The lowest BCUT2D eigenvalue weighted by Gasteiger charge is -2.07. The van der Waals surface area contributed by atoms with Crippen LogP contribution in [0.4, 0.5) is 0 Å². The fraction of sp³-hybridized carbons (Fsp3) is 1.00. The van der Waals surface area contributed by atoms with Crippen molar-refractivity contribution in [3.05, 3.63) is 0 Å². The van der Waals surface area contributed by atoms with E-state index in [4.69, 9.17) is 5.90 Å². The third-order valence-corrected chi connectivity index (χ3v) is 1.49. The summed E-state index contributed by atoms with van der Waals surface area (Å²) in [5.74, 6) is 5.53. The van der Waals surface area contributed by atoms with Gasteiger partial charge in [-0.3, -0.25) is 0 Å². The van der Waals surface area contributed by atoms with Gasteiger partial charge in [-0.1, -0.05) is 26.7 Å². The number of nitrogens with two attached hydrogens (primary N) is 1. The van der Waals surface area contributed by atoms with E-state index in [-0.39, 0.29) is 0 Å². The van der Waals surface area contributed by atoms with Gasteiger partial charge in [0.15, 0.2) is 0 Å². The standard InChI is InChI=1S/C6H15NO/c1-3-6(4-2)5-8-7/h6H,3-5,7H2,1-2H3. The Morgan fingerprint density at radius 1 is 1.38 bits per heavy atom. The minimum Gasteiger partial charge on any atom is -0.304 e. The summed E-state index contributed by atoms with van der Waals surface area (Å²) in [4.78, 5) is 4.49. The molecule has 0 amide bonds. The van der Waals surface area contributed by atoms with E-state index in [0.717, 1.165) is 12.8 Å². The molecular weight excluding hydrogens is 102 g/mol. The topological polar surface area (TPSA) is 35.2 Å². The number of rotatable bonds is 4. The van der Waals surface area contributed by atoms with E-state index >= 15 is 0 Å². The van der Waals surface area contributed by atoms with Crippen molar-refractivity contribution >= 4 is 0 Å². The van der Waals surface area contributed by atoms with Crippen LogP contribution < -0.4 is 5.90 Å². The lowest BCUT2D eigenvalue weighted by molar-refractivity contribution is 0.0982. The van der Waals surface area contributed by atoms with E-state index in [2.05, 4.69) is 18.7 Å². The molecule has 8 heavy (non-hydrogen) atoms. The SMILES string of the molecule is CCC(CC)CON. The van der Waals surface area contributed by atoms with Gasteiger partial charge in [-0.25, -0.2) is 5.90 Å². The zero-order valence-corrected chi connectivity index (χ0v) is 5.68. The maximum atomic E-state index is 4.88. The summed E-state index contributed by atoms with van der Waals surface area (Å²) in [6.45, 7) is 4.99. The fourth-order valence-corrected chi connectivity index (χ4v) is 0.660. The minimum absolute atomic E-state index is 0.653. The predicted molar refractivity (Wildman–Crippen MR) is 34.2 cm³/mol. The highest BCUT2D eigenvalue weighted by Crippen LogP contribution is 2.05. The van der Waals surface area contributed by atoms with E-state index in [9.17, 15) is 0 Å². The third kappa shape index (κ3) is 2.99. The van der Waals surface area contributed by atoms with Crippen molar-refractivity contribution in [3.63, 3.8) is 0 Å². The first-order valence-corrected chi connectivity index (χ1v) is 3.16. The second-order valence-corrected chi connectivity index (χ2v) is 2.02. The Morgan fingerprint density at radius 3 is 2.00 bits per heavy atom. The summed E-state index contributed by atoms with van der Waals surface area (Å²) in [5.41, 5.74) is 0. The molecule has 0 aliphatic carbocycles. The summed E-state index contributed by atoms with van der Waals surface area (Å²) in [6, 6.07) is 0. The molecule has 0 fully saturated rings. The Hall–Kier alpha value is -0.0800. The van der Waals surface area contributed by atoms with Gasteiger partial charge in [0.05, 0.1) is 6.61 Å². The maximum absolute atomic E-state index is 4.88. The summed E-state index contributed by atoms with van der Waals surface area (Å²) in [5, 5.41) is 0. The molecular formula is C6H15NO. The van der Waals surface area contributed by atoms with Gasteiger partial charge in [0.1, 0.15) is 0 Å². The Morgan fingerprint density at radius 2 is 1.88 bits per heavy atom. The lowest BCUT2D eigenvalue weighted by Crippen LogP contribution is -2.10. The van der Waals surface area contributed by atoms with E-state index in [1.54, 1.807) is 0 Å². The zero-order chi connectivity index (χ0) is 6.41. The first kappa shape index (κ1) is 7.92. The van der Waals surface area contributed by atoms with Crippen molar-refractivity contribution in [1.29, 1.82) is 0 Å². The van der Waals surface area contributed by atoms with Crippen LogP contribution in [0.15, 0.2) is 0 Å². The van der Waals surface area contributed by atoms with Gasteiger partial charge in [0.25, 0.3) is 0 Å². The van der Waals surface area contributed by atoms with Crippen LogP contribution in [0.3, 0.4) is 0 Å². The van der Waals surface area contributed by atoms with Gasteiger partial charge in [-0.2, -0.15) is 0 Å². The highest BCUT2D eigenvalue weighted by molar-refractivity contribution is 4.50. The fourth-order valence-electron chi connectivity index (χ4n) is 0.660. The molecule has 0 saturated carbocycles. The molecule has 0 atom stereocenters. The van der Waals surface area contributed by atoms with Crippen LogP contribution in [0.2, 0.25) is 0 Å². The lowest BCUT2D eigenvalue weighted by atomic mass is 10.1. The number of hydrogen-bond acceptors (Lipinski definition) is 2. The third-order valence-electron chi connectivity index (χ3n) is 1.49. The Bertz CT molecular complexity index is 43.8. The molecule has 0 aliphatic rings. The van der Waals surface area contributed by atoms with Gasteiger partial charge < -0.3 is 4.84 Å². The molecule has 0 rings (SSSR count). The molecule has 2 nitrogen and oxygen atoms in total. The quantitative estimate of drug-likeness (QED) is 0.563. The van der Waals surface area contributed by atoms with Crippen molar-refractivity contribution in [3.8, 4) is 0 Å². The van der Waals surface area contributed by atoms with Crippen molar-refractivity contribution in [2.24, 2.45) is 11.8 Å². The van der Waals surface area contributed by atoms with Crippen molar-refractivity contribution < 1.29 is 4.84 Å². The first-order chi connectivity index (χ1) is 3.85. The molecule has 0 unspecified atom stereocenters. The normalized spacial score (nSPS) is 10.5. The average molecular weight is 117 g/mol. The predicted octanol–water partition coefficient (Wildman–Crippen LogP) is 1.31. The molecule has 0 bridgehead atoms. The van der Waals surface area contributed by atoms with Crippen LogP contribution >= 0.6 is 0 Å². The highest BCUT2D eigenvalue weighted by Gasteiger charge is 2.00. The molecule has 0 aromatic rings. The largest absolute Gasteiger partial charge is 0.304 e. The monoisotopic (exact) mass is 117 g/mol. The van der Waals surface area contributed by atoms with Crippen LogP contribution in [0.5, 0.6) is 0 Å². The molecule has 50 valence electrons. The maximum Gasteiger partial charge on any atom is 0.0707 e. The van der Waals surface area contributed by atoms with E-state index < -0.39 is 0 Å². The first-order valence-electron chi connectivity index (χ1n) is 3.16. The molecule has 0 radical (unpaired) electrons. The molecule has 0 aromatic heterocycles. The van der Waals surface area contributed by atoms with Gasteiger partial charge in [0, 0.05) is 0 Å².